The van der Waals surface area contributed by atoms with Crippen LogP contribution in [0.2, 0.25) is 0 Å². The van der Waals surface area contributed by atoms with Crippen LogP contribution in [0.3, 0.4) is 0 Å². The average Bonchev–Trinajstić information content (AvgIpc) is 3.57. The van der Waals surface area contributed by atoms with Gasteiger partial charge in [-0.1, -0.05) is 16.6 Å². The topological polar surface area (TPSA) is 134 Å². The molecule has 5 heterocycles. The summed E-state index contributed by atoms with van der Waals surface area (Å²) in [5, 5.41) is 41.9. The molecule has 0 spiro atoms. The van der Waals surface area contributed by atoms with Crippen LogP contribution in [0.1, 0.15) is 53.2 Å². The first-order valence-electron chi connectivity index (χ1n) is 10.9. The summed E-state index contributed by atoms with van der Waals surface area (Å²) >= 11 is 1.47. The van der Waals surface area contributed by atoms with Crippen LogP contribution in [0.25, 0.3) is 16.8 Å². The zero-order chi connectivity index (χ0) is 23.8. The molecule has 12 heteroatoms. The van der Waals surface area contributed by atoms with Crippen molar-refractivity contribution in [3.63, 3.8) is 0 Å². The largest absolute Gasteiger partial charge is 0.481 e. The maximum Gasteiger partial charge on any atom is 0.179 e. The molecule has 11 nitrogen and oxygen atoms in total. The third kappa shape index (κ3) is 3.82. The Balaban J connectivity index is 1.52. The van der Waals surface area contributed by atoms with Gasteiger partial charge >= 0.3 is 0 Å². The maximum atomic E-state index is 9.59. The SMILES string of the molecule is Cc1nnc(C(C)Oc2cc(-c3nnn(C4CCN(C#N)CC4)c3C)cn3ncc(C#N)c23)s1. The first-order chi connectivity index (χ1) is 16.5. The van der Waals surface area contributed by atoms with Crippen molar-refractivity contribution in [3.05, 3.63) is 39.7 Å². The highest BCUT2D eigenvalue weighted by Crippen LogP contribution is 2.34. The summed E-state index contributed by atoms with van der Waals surface area (Å²) in [5.74, 6) is 0.517. The summed E-state index contributed by atoms with van der Waals surface area (Å²) in [6.07, 6.45) is 6.91. The first kappa shape index (κ1) is 21.8. The van der Waals surface area contributed by atoms with E-state index in [-0.39, 0.29) is 12.1 Å². The Bertz CT molecular complexity index is 1430. The van der Waals surface area contributed by atoms with Crippen LogP contribution in [0.4, 0.5) is 0 Å². The Hall–Kier alpha value is -4.03. The van der Waals surface area contributed by atoms with Crippen LogP contribution in [0, 0.1) is 36.6 Å². The summed E-state index contributed by atoms with van der Waals surface area (Å²) in [5.41, 5.74) is 3.46. The molecule has 1 aliphatic heterocycles. The molecule has 1 aliphatic rings. The Morgan fingerprint density at radius 2 is 1.97 bits per heavy atom. The molecule has 1 fully saturated rings. The molecule has 1 unspecified atom stereocenters. The predicted octanol–water partition coefficient (Wildman–Crippen LogP) is 3.19. The smallest absolute Gasteiger partial charge is 0.179 e. The molecular weight excluding hydrogens is 452 g/mol. The minimum absolute atomic E-state index is 0.195. The van der Waals surface area contributed by atoms with Gasteiger partial charge < -0.3 is 9.64 Å². The van der Waals surface area contributed by atoms with Crippen molar-refractivity contribution in [2.24, 2.45) is 0 Å². The number of nitriles is 2. The average molecular weight is 475 g/mol. The van der Waals surface area contributed by atoms with Gasteiger partial charge in [0, 0.05) is 24.8 Å². The van der Waals surface area contributed by atoms with Crippen LogP contribution in [0.5, 0.6) is 5.75 Å². The van der Waals surface area contributed by atoms with Crippen molar-refractivity contribution in [1.82, 2.24) is 39.7 Å². The van der Waals surface area contributed by atoms with Crippen LogP contribution in [-0.2, 0) is 0 Å². The molecule has 0 saturated carbocycles. The Morgan fingerprint density at radius 3 is 2.65 bits per heavy atom. The lowest BCUT2D eigenvalue weighted by Gasteiger charge is -2.28. The summed E-state index contributed by atoms with van der Waals surface area (Å²) in [6, 6.07) is 4.26. The van der Waals surface area contributed by atoms with Gasteiger partial charge in [0.15, 0.2) is 11.2 Å². The zero-order valence-electron chi connectivity index (χ0n) is 19.0. The molecule has 1 saturated heterocycles. The second kappa shape index (κ2) is 8.72. The minimum atomic E-state index is -0.353. The normalized spacial score (nSPS) is 15.3. The highest BCUT2D eigenvalue weighted by molar-refractivity contribution is 7.11. The van der Waals surface area contributed by atoms with Crippen molar-refractivity contribution in [2.45, 2.75) is 45.8 Å². The molecule has 172 valence electrons. The Labute approximate surface area is 199 Å². The van der Waals surface area contributed by atoms with Crippen LogP contribution < -0.4 is 4.74 Å². The number of aryl methyl sites for hydroxylation is 1. The van der Waals surface area contributed by atoms with E-state index < -0.39 is 0 Å². The van der Waals surface area contributed by atoms with Gasteiger partial charge in [-0.25, -0.2) is 9.20 Å². The van der Waals surface area contributed by atoms with Crippen LogP contribution >= 0.6 is 11.3 Å². The van der Waals surface area contributed by atoms with E-state index in [0.717, 1.165) is 39.8 Å². The first-order valence-corrected chi connectivity index (χ1v) is 11.7. The number of aromatic nitrogens is 7. The van der Waals surface area contributed by atoms with Crippen molar-refractivity contribution >= 4 is 16.9 Å². The second-order valence-electron chi connectivity index (χ2n) is 8.26. The van der Waals surface area contributed by atoms with E-state index in [4.69, 9.17) is 10.00 Å². The summed E-state index contributed by atoms with van der Waals surface area (Å²) in [4.78, 5) is 1.77. The van der Waals surface area contributed by atoms with E-state index in [1.54, 1.807) is 9.42 Å². The molecule has 5 rings (SSSR count). The molecule has 0 bridgehead atoms. The number of pyridine rings is 1. The van der Waals surface area contributed by atoms with Crippen molar-refractivity contribution in [2.75, 3.05) is 13.1 Å². The maximum absolute atomic E-state index is 9.59. The number of hydrogen-bond donors (Lipinski definition) is 0. The summed E-state index contributed by atoms with van der Waals surface area (Å²) in [7, 11) is 0. The van der Waals surface area contributed by atoms with Gasteiger partial charge in [-0.3, -0.25) is 0 Å². The van der Waals surface area contributed by atoms with E-state index in [1.807, 2.05) is 37.7 Å². The lowest BCUT2D eigenvalue weighted by molar-refractivity contribution is 0.227. The second-order valence-corrected chi connectivity index (χ2v) is 9.48. The zero-order valence-corrected chi connectivity index (χ0v) is 19.8. The monoisotopic (exact) mass is 474 g/mol. The van der Waals surface area contributed by atoms with E-state index in [0.29, 0.717) is 29.9 Å². The standard InChI is InChI=1S/C22H22N10OS/c1-13-20(27-29-32(13)18-4-6-30(12-24)7-5-18)16-8-19(21-17(9-23)10-25-31(21)11-16)33-14(2)22-28-26-15(3)34-22/h8,10-11,14,18H,4-7H2,1-3H3. The third-order valence-corrected chi connectivity index (χ3v) is 7.04. The number of nitrogens with zero attached hydrogens (tertiary/aromatic N) is 10. The number of fused-ring (bicyclic) bond motifs is 1. The molecule has 0 aromatic carbocycles. The van der Waals surface area contributed by atoms with Crippen molar-refractivity contribution in [3.8, 4) is 29.3 Å². The molecular formula is C22H22N10OS. The van der Waals surface area contributed by atoms with Gasteiger partial charge in [0.2, 0.25) is 0 Å². The fourth-order valence-electron chi connectivity index (χ4n) is 4.27. The number of ether oxygens (including phenoxy) is 1. The highest BCUT2D eigenvalue weighted by atomic mass is 32.1. The van der Waals surface area contributed by atoms with E-state index >= 15 is 0 Å². The Kier molecular flexibility index (Phi) is 5.59. The number of likely N-dealkylation sites (tertiary alicyclic amines) is 1. The summed E-state index contributed by atoms with van der Waals surface area (Å²) < 4.78 is 9.88. The quantitative estimate of drug-likeness (QED) is 0.400. The molecule has 0 amide bonds. The van der Waals surface area contributed by atoms with Crippen molar-refractivity contribution < 1.29 is 4.74 Å². The van der Waals surface area contributed by atoms with Gasteiger partial charge in [-0.05, 0) is 39.7 Å². The number of piperidine rings is 1. The van der Waals surface area contributed by atoms with Gasteiger partial charge in [-0.2, -0.15) is 15.6 Å². The van der Waals surface area contributed by atoms with Gasteiger partial charge in [-0.15, -0.1) is 15.3 Å². The molecule has 34 heavy (non-hydrogen) atoms. The van der Waals surface area contributed by atoms with Crippen molar-refractivity contribution in [1.29, 1.82) is 10.5 Å². The lowest BCUT2D eigenvalue weighted by atomic mass is 10.0. The Morgan fingerprint density at radius 1 is 1.18 bits per heavy atom. The molecule has 0 aliphatic carbocycles. The molecule has 4 aromatic rings. The fraction of sp³-hybridized carbons (Fsp3) is 0.409. The van der Waals surface area contributed by atoms with E-state index in [2.05, 4.69) is 37.9 Å². The van der Waals surface area contributed by atoms with Crippen LogP contribution in [-0.4, -0.2) is 52.8 Å². The van der Waals surface area contributed by atoms with E-state index in [9.17, 15) is 5.26 Å². The summed E-state index contributed by atoms with van der Waals surface area (Å²) in [6.45, 7) is 7.22. The van der Waals surface area contributed by atoms with Gasteiger partial charge in [0.05, 0.1) is 17.9 Å². The van der Waals surface area contributed by atoms with Crippen LogP contribution in [0.15, 0.2) is 18.5 Å². The van der Waals surface area contributed by atoms with E-state index in [1.165, 1.54) is 17.5 Å². The lowest BCUT2D eigenvalue weighted by Crippen LogP contribution is -2.31. The predicted molar refractivity (Wildman–Crippen MR) is 123 cm³/mol. The fourth-order valence-corrected chi connectivity index (χ4v) is 4.95. The number of rotatable bonds is 5. The highest BCUT2D eigenvalue weighted by Gasteiger charge is 2.25. The third-order valence-electron chi connectivity index (χ3n) is 6.04. The molecule has 4 aromatic heterocycles. The van der Waals surface area contributed by atoms with Gasteiger partial charge in [0.1, 0.15) is 39.7 Å². The van der Waals surface area contributed by atoms with Gasteiger partial charge in [0.25, 0.3) is 0 Å². The molecule has 0 radical (unpaired) electrons. The molecule has 0 N–H and O–H groups in total. The number of hydrogen-bond acceptors (Lipinski definition) is 10. The minimum Gasteiger partial charge on any atom is -0.481 e. The molecule has 1 atom stereocenters.